The van der Waals surface area contributed by atoms with Crippen LogP contribution in [-0.4, -0.2) is 9.13 Å². The van der Waals surface area contributed by atoms with Gasteiger partial charge in [-0.1, -0.05) is 158 Å². The number of nitrogens with zero attached hydrogens (tertiary/aromatic N) is 2. The summed E-state index contributed by atoms with van der Waals surface area (Å²) in [4.78, 5) is 0. The third kappa shape index (κ3) is 4.56. The molecule has 0 radical (unpaired) electrons. The van der Waals surface area contributed by atoms with E-state index in [1.807, 2.05) is 0 Å². The molecule has 0 aliphatic rings. The van der Waals surface area contributed by atoms with Crippen LogP contribution in [0.15, 0.2) is 170 Å². The molecule has 0 aliphatic carbocycles. The van der Waals surface area contributed by atoms with Crippen LogP contribution in [0.4, 0.5) is 0 Å². The van der Waals surface area contributed by atoms with Crippen LogP contribution >= 0.6 is 0 Å². The molecule has 0 N–H and O–H groups in total. The van der Waals surface area contributed by atoms with Crippen molar-refractivity contribution < 1.29 is 0 Å². The minimum absolute atomic E-state index is 1.21. The van der Waals surface area contributed by atoms with Gasteiger partial charge in [0.15, 0.2) is 0 Å². The number of hydrogen-bond acceptors (Lipinski definition) is 0. The van der Waals surface area contributed by atoms with E-state index in [-0.39, 0.29) is 0 Å². The highest BCUT2D eigenvalue weighted by molar-refractivity contribution is 6.23. The van der Waals surface area contributed by atoms with E-state index in [4.69, 9.17) is 0 Å². The van der Waals surface area contributed by atoms with Crippen molar-refractivity contribution in [2.45, 2.75) is 27.7 Å². The Morgan fingerprint density at radius 2 is 0.607 bits per heavy atom. The summed E-state index contributed by atoms with van der Waals surface area (Å²) >= 11 is 0. The molecular weight excluding hydrogens is 677 g/mol. The van der Waals surface area contributed by atoms with Crippen LogP contribution in [0.3, 0.4) is 0 Å². The van der Waals surface area contributed by atoms with E-state index >= 15 is 0 Å². The lowest BCUT2D eigenvalue weighted by atomic mass is 9.96. The Labute approximate surface area is 326 Å². The number of fused-ring (bicyclic) bond motifs is 9. The molecule has 0 bridgehead atoms. The van der Waals surface area contributed by atoms with Gasteiger partial charge in [0, 0.05) is 43.7 Å². The Morgan fingerprint density at radius 3 is 1.02 bits per heavy atom. The van der Waals surface area contributed by atoms with Gasteiger partial charge in [0.25, 0.3) is 0 Å². The maximum Gasteiger partial charge on any atom is 0.0612 e. The minimum atomic E-state index is 1.21. The monoisotopic (exact) mass is 716 g/mol. The Bertz CT molecular complexity index is 3150. The SMILES string of the molecule is Cc1c(C)n(-c2ccc(-c3ccccc3)c3ccccc23)c2c1ccc1c3ccc4c(C)c(C)n(-c5ccc(-c6ccccc6)c6ccccc56)c4c3ccc12. The van der Waals surface area contributed by atoms with Crippen molar-refractivity contribution in [2.24, 2.45) is 0 Å². The highest BCUT2D eigenvalue weighted by Crippen LogP contribution is 2.43. The van der Waals surface area contributed by atoms with Gasteiger partial charge in [0.2, 0.25) is 0 Å². The molecular formula is C54H40N2. The summed E-state index contributed by atoms with van der Waals surface area (Å²) in [5.41, 5.74) is 15.1. The first-order valence-electron chi connectivity index (χ1n) is 19.6. The van der Waals surface area contributed by atoms with Crippen molar-refractivity contribution in [3.63, 3.8) is 0 Å². The van der Waals surface area contributed by atoms with Crippen molar-refractivity contribution in [3.8, 4) is 33.6 Å². The third-order valence-electron chi connectivity index (χ3n) is 12.6. The quantitative estimate of drug-likeness (QED) is 0.161. The lowest BCUT2D eigenvalue weighted by Crippen LogP contribution is -2.00. The van der Waals surface area contributed by atoms with Crippen LogP contribution < -0.4 is 0 Å². The number of rotatable bonds is 4. The average molecular weight is 717 g/mol. The topological polar surface area (TPSA) is 9.86 Å². The Morgan fingerprint density at radius 1 is 0.268 bits per heavy atom. The van der Waals surface area contributed by atoms with E-state index in [1.165, 1.54) is 121 Å². The number of aromatic nitrogens is 2. The molecule has 2 nitrogen and oxygen atoms in total. The van der Waals surface area contributed by atoms with Crippen LogP contribution in [0.1, 0.15) is 22.5 Å². The maximum atomic E-state index is 2.52. The number of aryl methyl sites for hydroxylation is 2. The summed E-state index contributed by atoms with van der Waals surface area (Å²) in [5, 5.41) is 12.7. The molecule has 0 amide bonds. The smallest absolute Gasteiger partial charge is 0.0612 e. The first-order chi connectivity index (χ1) is 27.5. The first kappa shape index (κ1) is 32.5. The van der Waals surface area contributed by atoms with E-state index in [1.54, 1.807) is 0 Å². The van der Waals surface area contributed by atoms with Gasteiger partial charge in [-0.15, -0.1) is 0 Å². The summed E-state index contributed by atoms with van der Waals surface area (Å²) in [5.74, 6) is 0. The summed E-state index contributed by atoms with van der Waals surface area (Å²) in [6.45, 7) is 9.10. The van der Waals surface area contributed by atoms with Crippen LogP contribution in [0.2, 0.25) is 0 Å². The van der Waals surface area contributed by atoms with Crippen molar-refractivity contribution in [1.82, 2.24) is 9.13 Å². The molecule has 0 saturated heterocycles. The first-order valence-corrected chi connectivity index (χ1v) is 19.6. The molecule has 0 spiro atoms. The fraction of sp³-hybridized carbons (Fsp3) is 0.0741. The molecule has 56 heavy (non-hydrogen) atoms. The van der Waals surface area contributed by atoms with Crippen LogP contribution in [-0.2, 0) is 0 Å². The molecule has 0 unspecified atom stereocenters. The van der Waals surface area contributed by atoms with Crippen LogP contribution in [0.5, 0.6) is 0 Å². The summed E-state index contributed by atoms with van der Waals surface area (Å²) < 4.78 is 5.04. The van der Waals surface area contributed by atoms with Gasteiger partial charge in [-0.25, -0.2) is 0 Å². The molecule has 11 rings (SSSR count). The molecule has 0 fully saturated rings. The zero-order valence-corrected chi connectivity index (χ0v) is 32.1. The molecule has 0 atom stereocenters. The minimum Gasteiger partial charge on any atom is -0.312 e. The number of hydrogen-bond donors (Lipinski definition) is 0. The predicted molar refractivity (Wildman–Crippen MR) is 240 cm³/mol. The van der Waals surface area contributed by atoms with E-state index < -0.39 is 0 Å². The molecule has 2 aromatic heterocycles. The van der Waals surface area contributed by atoms with Crippen molar-refractivity contribution in [2.75, 3.05) is 0 Å². The molecule has 9 aromatic carbocycles. The average Bonchev–Trinajstić information content (AvgIpc) is 3.67. The van der Waals surface area contributed by atoms with Crippen molar-refractivity contribution in [3.05, 3.63) is 192 Å². The third-order valence-corrected chi connectivity index (χ3v) is 12.6. The predicted octanol–water partition coefficient (Wildman–Crippen LogP) is 14.8. The standard InChI is InChI=1S/C54H40N2/c1-33-35(3)55(51-31-29-41(37-15-7-5-8-16-37)43-19-11-13-21-47(43)51)53-39(33)23-25-45-46-26-24-40-34(2)36(4)56(54(40)50(46)28-27-49(45)53)52-32-30-42(38-17-9-6-10-18-38)44-20-12-14-22-48(44)52/h5-32H,1-4H3. The molecule has 2 heterocycles. The van der Waals surface area contributed by atoms with Crippen molar-refractivity contribution in [1.29, 1.82) is 0 Å². The zero-order chi connectivity index (χ0) is 37.7. The molecule has 2 heteroatoms. The fourth-order valence-corrected chi connectivity index (χ4v) is 9.63. The second kappa shape index (κ2) is 12.3. The van der Waals surface area contributed by atoms with E-state index in [0.717, 1.165) is 0 Å². The van der Waals surface area contributed by atoms with Crippen molar-refractivity contribution >= 4 is 64.9 Å². The number of benzene rings is 9. The van der Waals surface area contributed by atoms with Gasteiger partial charge < -0.3 is 9.13 Å². The molecule has 266 valence electrons. The highest BCUT2D eigenvalue weighted by Gasteiger charge is 2.22. The van der Waals surface area contributed by atoms with Crippen LogP contribution in [0, 0.1) is 27.7 Å². The second-order valence-electron chi connectivity index (χ2n) is 15.4. The summed E-state index contributed by atoms with van der Waals surface area (Å²) in [6.07, 6.45) is 0. The zero-order valence-electron chi connectivity index (χ0n) is 32.1. The normalized spacial score (nSPS) is 11.9. The second-order valence-corrected chi connectivity index (χ2v) is 15.4. The molecule has 0 saturated carbocycles. The molecule has 0 aliphatic heterocycles. The van der Waals surface area contributed by atoms with Gasteiger partial charge >= 0.3 is 0 Å². The van der Waals surface area contributed by atoms with Gasteiger partial charge in [0.1, 0.15) is 0 Å². The fourth-order valence-electron chi connectivity index (χ4n) is 9.63. The van der Waals surface area contributed by atoms with E-state index in [2.05, 4.69) is 207 Å². The van der Waals surface area contributed by atoms with E-state index in [9.17, 15) is 0 Å². The van der Waals surface area contributed by atoms with Gasteiger partial charge in [-0.3, -0.25) is 0 Å². The van der Waals surface area contributed by atoms with Crippen LogP contribution in [0.25, 0.3) is 98.5 Å². The van der Waals surface area contributed by atoms with Gasteiger partial charge in [0.05, 0.1) is 22.4 Å². The lowest BCUT2D eigenvalue weighted by Gasteiger charge is -2.17. The van der Waals surface area contributed by atoms with Gasteiger partial charge in [-0.2, -0.15) is 0 Å². The summed E-state index contributed by atoms with van der Waals surface area (Å²) in [7, 11) is 0. The van der Waals surface area contributed by atoms with E-state index in [0.29, 0.717) is 0 Å². The Kier molecular flexibility index (Phi) is 7.15. The highest BCUT2D eigenvalue weighted by atomic mass is 15.0. The lowest BCUT2D eigenvalue weighted by molar-refractivity contribution is 1.05. The maximum absolute atomic E-state index is 2.52. The summed E-state index contributed by atoms with van der Waals surface area (Å²) in [6, 6.07) is 62.7. The Hall–Kier alpha value is -6.90. The van der Waals surface area contributed by atoms with Gasteiger partial charge in [-0.05, 0) is 94.8 Å². The largest absolute Gasteiger partial charge is 0.312 e. The molecule has 11 aromatic rings. The Balaban J connectivity index is 1.18.